The molecule has 5 nitrogen and oxygen atoms in total. The quantitative estimate of drug-likeness (QED) is 0.790. The largest absolute Gasteiger partial charge is 0.505 e. The molecule has 1 fully saturated rings. The number of benzene rings is 1. The fourth-order valence-electron chi connectivity index (χ4n) is 2.74. The predicted octanol–water partition coefficient (Wildman–Crippen LogP) is 2.19. The van der Waals surface area contributed by atoms with Gasteiger partial charge in [-0.25, -0.2) is 0 Å². The van der Waals surface area contributed by atoms with Crippen LogP contribution in [0.5, 0.6) is 5.75 Å². The number of nitrogens with one attached hydrogen (secondary N) is 1. The topological polar surface area (TPSA) is 73.4 Å². The molecule has 20 heavy (non-hydrogen) atoms. The van der Waals surface area contributed by atoms with Gasteiger partial charge in [-0.3, -0.25) is 0 Å². The molecule has 0 spiro atoms. The van der Waals surface area contributed by atoms with Gasteiger partial charge in [0.2, 0.25) is 10.3 Å². The molecule has 0 radical (unpaired) electrons. The van der Waals surface area contributed by atoms with Crippen molar-refractivity contribution < 1.29 is 13.5 Å². The predicted molar refractivity (Wildman–Crippen MR) is 78.3 cm³/mol. The molecule has 2 aromatic rings. The number of aryl methyl sites for hydroxylation is 1. The molecule has 0 aliphatic carbocycles. The maximum atomic E-state index is 11.1. The summed E-state index contributed by atoms with van der Waals surface area (Å²) < 4.78 is 22.2. The van der Waals surface area contributed by atoms with Crippen molar-refractivity contribution in [2.24, 2.45) is 0 Å². The van der Waals surface area contributed by atoms with Crippen molar-refractivity contribution in [2.75, 3.05) is 18.0 Å². The molecule has 0 saturated carbocycles. The smallest absolute Gasteiger partial charge is 0.238 e. The first-order valence-corrected chi connectivity index (χ1v) is 7.68. The van der Waals surface area contributed by atoms with E-state index in [2.05, 4.69) is 9.88 Å². The molecule has 0 atom stereocenters. The molecule has 1 aromatic carbocycles. The van der Waals surface area contributed by atoms with Gasteiger partial charge in [0.25, 0.3) is 0 Å². The Kier molecular flexibility index (Phi) is 3.17. The fourth-order valence-corrected chi connectivity index (χ4v) is 3.10. The van der Waals surface area contributed by atoms with Crippen LogP contribution >= 0.6 is 0 Å². The second kappa shape index (κ2) is 4.86. The lowest BCUT2D eigenvalue weighted by molar-refractivity contribution is 0.476. The molecule has 1 saturated heterocycles. The highest BCUT2D eigenvalue weighted by Gasteiger charge is 2.17. The Morgan fingerprint density at radius 2 is 1.95 bits per heavy atom. The van der Waals surface area contributed by atoms with E-state index in [1.807, 2.05) is 13.0 Å². The Morgan fingerprint density at radius 3 is 2.60 bits per heavy atom. The summed E-state index contributed by atoms with van der Waals surface area (Å²) in [6.07, 6.45) is 2.32. The molecule has 1 aliphatic rings. The number of H-pyrrole nitrogens is 1. The van der Waals surface area contributed by atoms with Gasteiger partial charge in [-0.15, -0.1) is 0 Å². The lowest BCUT2D eigenvalue weighted by Crippen LogP contribution is -2.18. The van der Waals surface area contributed by atoms with E-state index >= 15 is 0 Å². The summed E-state index contributed by atoms with van der Waals surface area (Å²) in [7, 11) is -2.34. The highest BCUT2D eigenvalue weighted by Crippen LogP contribution is 2.36. The molecule has 3 rings (SSSR count). The van der Waals surface area contributed by atoms with Crippen molar-refractivity contribution in [1.82, 2.24) is 4.98 Å². The summed E-state index contributed by atoms with van der Waals surface area (Å²) in [4.78, 5) is 5.08. The zero-order chi connectivity index (χ0) is 14.3. The van der Waals surface area contributed by atoms with Crippen molar-refractivity contribution >= 4 is 26.9 Å². The zero-order valence-electron chi connectivity index (χ0n) is 11.2. The Morgan fingerprint density at radius 1 is 1.25 bits per heavy atom. The van der Waals surface area contributed by atoms with Crippen molar-refractivity contribution in [1.29, 1.82) is 0 Å². The van der Waals surface area contributed by atoms with Gasteiger partial charge < -0.3 is 15.0 Å². The SMILES string of the molecule is Cc1cc(N2CCCC2)c2ccc(=S(=O)=O)[nH]c2c1O. The first kappa shape index (κ1) is 13.1. The average Bonchev–Trinajstić information content (AvgIpc) is 2.96. The molecule has 0 unspecified atom stereocenters. The summed E-state index contributed by atoms with van der Waals surface area (Å²) in [5.74, 6) is 0.107. The number of aromatic hydroxyl groups is 1. The number of anilines is 1. The number of hydrogen-bond acceptors (Lipinski definition) is 4. The molecule has 0 bridgehead atoms. The first-order chi connectivity index (χ1) is 9.58. The number of nitrogens with zero attached hydrogens (tertiary/aromatic N) is 1. The molecule has 1 aromatic heterocycles. The van der Waals surface area contributed by atoms with Crippen LogP contribution in [0.4, 0.5) is 5.69 Å². The van der Waals surface area contributed by atoms with Gasteiger partial charge in [0.05, 0.1) is 5.52 Å². The molecule has 1 aliphatic heterocycles. The lowest BCUT2D eigenvalue weighted by Gasteiger charge is -2.21. The number of aromatic nitrogens is 1. The summed E-state index contributed by atoms with van der Waals surface area (Å²) in [6, 6.07) is 5.24. The summed E-state index contributed by atoms with van der Waals surface area (Å²) >= 11 is 0. The standard InChI is InChI=1S/C14H16N2O3S/c1-9-8-11(16-6-2-3-7-16)10-4-5-12(20(18)19)15-13(10)14(9)17/h4-5,8,15,17H,2-3,6-7H2,1H3. The van der Waals surface area contributed by atoms with Crippen LogP contribution in [-0.2, 0) is 10.3 Å². The maximum Gasteiger partial charge on any atom is 0.238 e. The monoisotopic (exact) mass is 292 g/mol. The van der Waals surface area contributed by atoms with E-state index in [9.17, 15) is 13.5 Å². The van der Waals surface area contributed by atoms with Crippen LogP contribution in [-0.4, -0.2) is 31.6 Å². The van der Waals surface area contributed by atoms with E-state index in [1.165, 1.54) is 6.07 Å². The van der Waals surface area contributed by atoms with Gasteiger partial charge in [-0.2, -0.15) is 8.42 Å². The van der Waals surface area contributed by atoms with Gasteiger partial charge in [-0.05, 0) is 43.5 Å². The molecule has 2 N–H and O–H groups in total. The lowest BCUT2D eigenvalue weighted by atomic mass is 10.1. The highest BCUT2D eigenvalue weighted by molar-refractivity contribution is 7.63. The maximum absolute atomic E-state index is 11.1. The van der Waals surface area contributed by atoms with E-state index in [0.29, 0.717) is 5.52 Å². The number of pyridine rings is 1. The van der Waals surface area contributed by atoms with Crippen LogP contribution in [0, 0.1) is 11.6 Å². The van der Waals surface area contributed by atoms with Crippen molar-refractivity contribution in [3.05, 3.63) is 28.4 Å². The number of hydrogen-bond donors (Lipinski definition) is 2. The minimum atomic E-state index is -2.34. The molecule has 0 amide bonds. The average molecular weight is 292 g/mol. The van der Waals surface area contributed by atoms with Gasteiger partial charge >= 0.3 is 0 Å². The van der Waals surface area contributed by atoms with Gasteiger partial charge in [0.15, 0.2) is 4.64 Å². The van der Waals surface area contributed by atoms with Crippen LogP contribution in [0.25, 0.3) is 10.9 Å². The van der Waals surface area contributed by atoms with Crippen LogP contribution in [0.15, 0.2) is 18.2 Å². The van der Waals surface area contributed by atoms with E-state index in [1.54, 1.807) is 6.07 Å². The molecule has 2 heterocycles. The number of phenolic OH excluding ortho intramolecular Hbond substituents is 1. The molecule has 106 valence electrons. The Bertz CT molecular complexity index is 839. The minimum Gasteiger partial charge on any atom is -0.505 e. The second-order valence-electron chi connectivity index (χ2n) is 5.10. The molecule has 6 heteroatoms. The van der Waals surface area contributed by atoms with Crippen LogP contribution in [0.3, 0.4) is 0 Å². The normalized spacial score (nSPS) is 14.9. The van der Waals surface area contributed by atoms with Gasteiger partial charge in [0, 0.05) is 24.2 Å². The third kappa shape index (κ3) is 2.06. The van der Waals surface area contributed by atoms with E-state index in [4.69, 9.17) is 0 Å². The van der Waals surface area contributed by atoms with Crippen LogP contribution in [0.2, 0.25) is 0 Å². The Hall–Kier alpha value is -1.95. The van der Waals surface area contributed by atoms with Gasteiger partial charge in [-0.1, -0.05) is 0 Å². The third-order valence-corrected chi connectivity index (χ3v) is 4.38. The number of rotatable bonds is 1. The van der Waals surface area contributed by atoms with Crippen molar-refractivity contribution in [3.8, 4) is 5.75 Å². The molecular formula is C14H16N2O3S. The van der Waals surface area contributed by atoms with Crippen molar-refractivity contribution in [3.63, 3.8) is 0 Å². The zero-order valence-corrected chi connectivity index (χ0v) is 12.0. The van der Waals surface area contributed by atoms with E-state index in [-0.39, 0.29) is 10.4 Å². The number of phenols is 1. The summed E-state index contributed by atoms with van der Waals surface area (Å²) in [5, 5.41) is 11.0. The van der Waals surface area contributed by atoms with Crippen molar-refractivity contribution in [2.45, 2.75) is 19.8 Å². The first-order valence-electron chi connectivity index (χ1n) is 6.61. The number of fused-ring (bicyclic) bond motifs is 1. The Labute approximate surface area is 118 Å². The van der Waals surface area contributed by atoms with Crippen LogP contribution < -0.4 is 4.90 Å². The van der Waals surface area contributed by atoms with Gasteiger partial charge in [0.1, 0.15) is 5.75 Å². The number of aromatic amines is 1. The third-order valence-electron chi connectivity index (χ3n) is 3.78. The second-order valence-corrected chi connectivity index (χ2v) is 6.01. The summed E-state index contributed by atoms with van der Waals surface area (Å²) in [5.41, 5.74) is 2.27. The molecular weight excluding hydrogens is 276 g/mol. The minimum absolute atomic E-state index is 0.0748. The van der Waals surface area contributed by atoms with Crippen LogP contribution in [0.1, 0.15) is 18.4 Å². The fraction of sp³-hybridized carbons (Fsp3) is 0.357. The van der Waals surface area contributed by atoms with E-state index in [0.717, 1.165) is 42.6 Å². The Balaban J connectivity index is 2.38. The van der Waals surface area contributed by atoms with E-state index < -0.39 is 10.3 Å². The highest BCUT2D eigenvalue weighted by atomic mass is 32.2. The summed E-state index contributed by atoms with van der Waals surface area (Å²) in [6.45, 7) is 3.81.